The first-order chi connectivity index (χ1) is 10.7. The molecule has 1 atom stereocenters. The van der Waals surface area contributed by atoms with Crippen molar-refractivity contribution in [1.29, 1.82) is 0 Å². The summed E-state index contributed by atoms with van der Waals surface area (Å²) in [4.78, 5) is 20.9. The summed E-state index contributed by atoms with van der Waals surface area (Å²) >= 11 is 0. The normalized spacial score (nSPS) is 12.6. The van der Waals surface area contributed by atoms with Gasteiger partial charge >= 0.3 is 0 Å². The summed E-state index contributed by atoms with van der Waals surface area (Å²) in [5, 5.41) is 11.0. The molecule has 0 N–H and O–H groups in total. The summed E-state index contributed by atoms with van der Waals surface area (Å²) in [5.74, 6) is 0. The van der Waals surface area contributed by atoms with E-state index in [2.05, 4.69) is 6.92 Å². The number of carbonyl (C=O) groups excluding carboxylic acids is 1. The van der Waals surface area contributed by atoms with Gasteiger partial charge in [0.1, 0.15) is 0 Å². The molecule has 0 bridgehead atoms. The summed E-state index contributed by atoms with van der Waals surface area (Å²) < 4.78 is 0. The van der Waals surface area contributed by atoms with Crippen LogP contribution in [-0.4, -0.2) is 17.3 Å². The van der Waals surface area contributed by atoms with Crippen LogP contribution in [0.3, 0.4) is 0 Å². The Hall–Kier alpha value is -1.19. The zero-order chi connectivity index (χ0) is 16.5. The van der Waals surface area contributed by atoms with Crippen molar-refractivity contribution in [2.45, 2.75) is 96.4 Å². The molecule has 4 heteroatoms. The number of nitrogens with zero attached hydrogens (tertiary/aromatic N) is 1. The highest BCUT2D eigenvalue weighted by Crippen LogP contribution is 2.12. The van der Waals surface area contributed by atoms with E-state index < -0.39 is 6.04 Å². The summed E-state index contributed by atoms with van der Waals surface area (Å²) in [6.45, 7) is 2.20. The van der Waals surface area contributed by atoms with Crippen LogP contribution in [0, 0.1) is 10.1 Å². The fourth-order valence-corrected chi connectivity index (χ4v) is 2.47. The second-order valence-electron chi connectivity index (χ2n) is 5.93. The molecule has 0 saturated heterocycles. The van der Waals surface area contributed by atoms with E-state index in [-0.39, 0.29) is 4.92 Å². The minimum Gasteiger partial charge on any atom is -0.291 e. The number of nitro groups is 1. The van der Waals surface area contributed by atoms with E-state index in [4.69, 9.17) is 0 Å². The Labute approximate surface area is 135 Å². The zero-order valence-corrected chi connectivity index (χ0v) is 14.1. The lowest BCUT2D eigenvalue weighted by molar-refractivity contribution is -0.510. The van der Waals surface area contributed by atoms with Gasteiger partial charge in [0.2, 0.25) is 6.04 Å². The van der Waals surface area contributed by atoms with E-state index in [9.17, 15) is 14.9 Å². The van der Waals surface area contributed by atoms with Gasteiger partial charge in [-0.3, -0.25) is 14.9 Å². The van der Waals surface area contributed by atoms with E-state index in [0.29, 0.717) is 12.8 Å². The van der Waals surface area contributed by atoms with Gasteiger partial charge in [-0.15, -0.1) is 0 Å². The minimum absolute atomic E-state index is 0.172. The van der Waals surface area contributed by atoms with Crippen LogP contribution >= 0.6 is 0 Å². The molecule has 22 heavy (non-hydrogen) atoms. The molecule has 0 aliphatic heterocycles. The summed E-state index contributed by atoms with van der Waals surface area (Å²) in [6.07, 6.45) is 18.7. The third-order valence-corrected chi connectivity index (χ3v) is 3.88. The summed E-state index contributed by atoms with van der Waals surface area (Å²) in [7, 11) is 0. The van der Waals surface area contributed by atoms with Gasteiger partial charge in [-0.2, -0.15) is 0 Å². The van der Waals surface area contributed by atoms with Crippen molar-refractivity contribution in [1.82, 2.24) is 0 Å². The maximum absolute atomic E-state index is 11.0. The van der Waals surface area contributed by atoms with Crippen molar-refractivity contribution in [3.8, 4) is 0 Å². The molecule has 0 aromatic heterocycles. The lowest BCUT2D eigenvalue weighted by atomic mass is 10.0. The average Bonchev–Trinajstić information content (AvgIpc) is 2.50. The molecule has 0 spiro atoms. The summed E-state index contributed by atoms with van der Waals surface area (Å²) in [5.41, 5.74) is 0. The van der Waals surface area contributed by atoms with Crippen LogP contribution in [0.1, 0.15) is 90.4 Å². The second kappa shape index (κ2) is 16.2. The standard InChI is InChI=1S/C18H32NO3/c1-2-3-4-5-6-9-12-15-18(19(21)22)16-13-10-7-8-11-14-17-20/h12,15,18H,2-11,13-14,16H2,1H3/b15-12-. The molecule has 1 radical (unpaired) electrons. The van der Waals surface area contributed by atoms with Gasteiger partial charge in [-0.05, 0) is 31.8 Å². The number of rotatable bonds is 16. The van der Waals surface area contributed by atoms with E-state index >= 15 is 0 Å². The van der Waals surface area contributed by atoms with Gasteiger partial charge in [0.05, 0.1) is 0 Å². The van der Waals surface area contributed by atoms with E-state index in [1.54, 1.807) is 6.08 Å². The maximum Gasteiger partial charge on any atom is 0.231 e. The van der Waals surface area contributed by atoms with Crippen LogP contribution < -0.4 is 0 Å². The van der Waals surface area contributed by atoms with Crippen molar-refractivity contribution in [2.24, 2.45) is 0 Å². The van der Waals surface area contributed by atoms with Crippen LogP contribution in [0.2, 0.25) is 0 Å². The van der Waals surface area contributed by atoms with Gasteiger partial charge in [-0.25, -0.2) is 0 Å². The molecule has 0 heterocycles. The van der Waals surface area contributed by atoms with Crippen molar-refractivity contribution < 1.29 is 9.72 Å². The molecule has 0 fully saturated rings. The molecule has 4 nitrogen and oxygen atoms in total. The van der Waals surface area contributed by atoms with Crippen LogP contribution in [0.25, 0.3) is 0 Å². The van der Waals surface area contributed by atoms with Crippen LogP contribution in [-0.2, 0) is 4.79 Å². The van der Waals surface area contributed by atoms with Gasteiger partial charge < -0.3 is 0 Å². The highest BCUT2D eigenvalue weighted by atomic mass is 16.6. The highest BCUT2D eigenvalue weighted by molar-refractivity contribution is 5.50. The van der Waals surface area contributed by atoms with Crippen LogP contribution in [0.15, 0.2) is 12.2 Å². The van der Waals surface area contributed by atoms with Crippen molar-refractivity contribution >= 4 is 6.29 Å². The van der Waals surface area contributed by atoms with Gasteiger partial charge in [-0.1, -0.05) is 57.9 Å². The maximum atomic E-state index is 11.0. The predicted molar refractivity (Wildman–Crippen MR) is 91.3 cm³/mol. The van der Waals surface area contributed by atoms with E-state index in [1.165, 1.54) is 25.7 Å². The van der Waals surface area contributed by atoms with Crippen LogP contribution in [0.5, 0.6) is 0 Å². The second-order valence-corrected chi connectivity index (χ2v) is 5.93. The zero-order valence-electron chi connectivity index (χ0n) is 14.1. The van der Waals surface area contributed by atoms with Crippen molar-refractivity contribution in [3.05, 3.63) is 22.3 Å². The molecule has 0 aromatic carbocycles. The molecule has 0 aliphatic carbocycles. The van der Waals surface area contributed by atoms with Crippen molar-refractivity contribution in [3.63, 3.8) is 0 Å². The SMILES string of the molecule is CCCCCCC/C=C\C(CCCCCCC[C]=O)[N+](=O)[O-]. The number of unbranched alkanes of at least 4 members (excludes halogenated alkanes) is 10. The number of hydrogen-bond acceptors (Lipinski definition) is 3. The van der Waals surface area contributed by atoms with Crippen LogP contribution in [0.4, 0.5) is 0 Å². The third-order valence-electron chi connectivity index (χ3n) is 3.88. The average molecular weight is 310 g/mol. The van der Waals surface area contributed by atoms with Gasteiger partial charge in [0.15, 0.2) is 6.29 Å². The van der Waals surface area contributed by atoms with Gasteiger partial charge in [0.25, 0.3) is 0 Å². The monoisotopic (exact) mass is 310 g/mol. The van der Waals surface area contributed by atoms with E-state index in [0.717, 1.165) is 44.9 Å². The molecule has 127 valence electrons. The quantitative estimate of drug-likeness (QED) is 0.166. The first-order valence-corrected chi connectivity index (χ1v) is 8.87. The van der Waals surface area contributed by atoms with Crippen molar-refractivity contribution in [2.75, 3.05) is 0 Å². The molecule has 0 aliphatic rings. The molecular formula is C18H32NO3. The Morgan fingerprint density at radius 2 is 1.64 bits per heavy atom. The Kier molecular flexibility index (Phi) is 15.3. The molecule has 0 aromatic rings. The smallest absolute Gasteiger partial charge is 0.231 e. The Morgan fingerprint density at radius 1 is 1.00 bits per heavy atom. The Bertz CT molecular complexity index is 303. The minimum atomic E-state index is -0.529. The molecule has 0 amide bonds. The Balaban J connectivity index is 3.68. The third kappa shape index (κ3) is 13.8. The molecule has 1 unspecified atom stereocenters. The number of hydrogen-bond donors (Lipinski definition) is 0. The topological polar surface area (TPSA) is 60.2 Å². The Morgan fingerprint density at radius 3 is 2.32 bits per heavy atom. The number of allylic oxidation sites excluding steroid dienone is 1. The first kappa shape index (κ1) is 20.8. The predicted octanol–water partition coefficient (Wildman–Crippen LogP) is 5.39. The molecular weight excluding hydrogens is 278 g/mol. The fraction of sp³-hybridized carbons (Fsp3) is 0.833. The lowest BCUT2D eigenvalue weighted by Gasteiger charge is -2.05. The largest absolute Gasteiger partial charge is 0.291 e. The fourth-order valence-electron chi connectivity index (χ4n) is 2.47. The first-order valence-electron chi connectivity index (χ1n) is 8.87. The van der Waals surface area contributed by atoms with E-state index in [1.807, 2.05) is 12.4 Å². The van der Waals surface area contributed by atoms with Gasteiger partial charge in [0, 0.05) is 17.8 Å². The summed E-state index contributed by atoms with van der Waals surface area (Å²) in [6, 6.07) is -0.529. The molecule has 0 saturated carbocycles. The highest BCUT2D eigenvalue weighted by Gasteiger charge is 2.14. The molecule has 0 rings (SSSR count). The lowest BCUT2D eigenvalue weighted by Crippen LogP contribution is -2.16.